The molecular formula is C21H26N2O3S. The Morgan fingerprint density at radius 3 is 2.41 bits per heavy atom. The van der Waals surface area contributed by atoms with Crippen molar-refractivity contribution in [2.45, 2.75) is 50.5 Å². The van der Waals surface area contributed by atoms with Gasteiger partial charge in [-0.1, -0.05) is 29.8 Å². The molecule has 0 aromatic heterocycles. The van der Waals surface area contributed by atoms with Crippen molar-refractivity contribution in [1.29, 1.82) is 0 Å². The zero-order chi connectivity index (χ0) is 19.8. The highest BCUT2D eigenvalue weighted by Crippen LogP contribution is 2.29. The number of hydrogen-bond acceptors (Lipinski definition) is 3. The molecule has 1 heterocycles. The summed E-state index contributed by atoms with van der Waals surface area (Å²) in [6.07, 6.45) is 1.56. The highest BCUT2D eigenvalue weighted by atomic mass is 32.2. The van der Waals surface area contributed by atoms with Crippen LogP contribution in [0.25, 0.3) is 0 Å². The van der Waals surface area contributed by atoms with Crippen LogP contribution in [0.15, 0.2) is 47.4 Å². The Morgan fingerprint density at radius 2 is 1.74 bits per heavy atom. The minimum atomic E-state index is -3.66. The van der Waals surface area contributed by atoms with Gasteiger partial charge in [-0.25, -0.2) is 13.1 Å². The van der Waals surface area contributed by atoms with Gasteiger partial charge in [-0.15, -0.1) is 0 Å². The first kappa shape index (κ1) is 19.6. The number of hydrogen-bond donors (Lipinski definition) is 1. The third-order valence-corrected chi connectivity index (χ3v) is 6.58. The van der Waals surface area contributed by atoms with Crippen LogP contribution in [-0.4, -0.2) is 26.9 Å². The average molecular weight is 387 g/mol. The van der Waals surface area contributed by atoms with Crippen molar-refractivity contribution in [2.24, 2.45) is 0 Å². The maximum atomic E-state index is 12.9. The van der Waals surface area contributed by atoms with E-state index in [0.717, 1.165) is 16.8 Å². The summed E-state index contributed by atoms with van der Waals surface area (Å²) in [6.45, 7) is 5.79. The van der Waals surface area contributed by atoms with Gasteiger partial charge in [0.1, 0.15) is 0 Å². The van der Waals surface area contributed by atoms with Crippen LogP contribution < -0.4 is 9.62 Å². The third kappa shape index (κ3) is 4.39. The number of amides is 1. The number of rotatable bonds is 5. The van der Waals surface area contributed by atoms with Crippen molar-refractivity contribution < 1.29 is 13.2 Å². The zero-order valence-corrected chi connectivity index (χ0v) is 17.1. The molecule has 144 valence electrons. The maximum Gasteiger partial charge on any atom is 0.241 e. The Labute approximate surface area is 161 Å². The minimum Gasteiger partial charge on any atom is -0.315 e. The first-order valence-corrected chi connectivity index (χ1v) is 10.5. The van der Waals surface area contributed by atoms with Crippen LogP contribution in [0.4, 0.5) is 5.69 Å². The molecule has 0 saturated carbocycles. The van der Waals surface area contributed by atoms with Crippen molar-refractivity contribution in [3.63, 3.8) is 0 Å². The Morgan fingerprint density at radius 1 is 1.07 bits per heavy atom. The van der Waals surface area contributed by atoms with Crippen molar-refractivity contribution in [3.8, 4) is 0 Å². The highest BCUT2D eigenvalue weighted by Gasteiger charge is 2.28. The van der Waals surface area contributed by atoms with E-state index in [1.807, 2.05) is 45.0 Å². The second-order valence-electron chi connectivity index (χ2n) is 7.90. The fourth-order valence-electron chi connectivity index (χ4n) is 3.48. The van der Waals surface area contributed by atoms with Gasteiger partial charge in [-0.05, 0) is 62.9 Å². The van der Waals surface area contributed by atoms with E-state index in [0.29, 0.717) is 19.3 Å². The molecule has 0 radical (unpaired) electrons. The van der Waals surface area contributed by atoms with Gasteiger partial charge in [0.15, 0.2) is 0 Å². The van der Waals surface area contributed by atoms with E-state index < -0.39 is 15.6 Å². The number of anilines is 1. The van der Waals surface area contributed by atoms with Gasteiger partial charge >= 0.3 is 0 Å². The number of carbonyl (C=O) groups excluding carboxylic acids is 1. The summed E-state index contributed by atoms with van der Waals surface area (Å²) < 4.78 is 28.7. The average Bonchev–Trinajstić information content (AvgIpc) is 2.59. The topological polar surface area (TPSA) is 66.5 Å². The quantitative estimate of drug-likeness (QED) is 0.858. The summed E-state index contributed by atoms with van der Waals surface area (Å²) in [4.78, 5) is 13.6. The molecule has 1 N–H and O–H groups in total. The largest absolute Gasteiger partial charge is 0.315 e. The van der Waals surface area contributed by atoms with E-state index in [9.17, 15) is 13.2 Å². The number of carbonyl (C=O) groups is 1. The smallest absolute Gasteiger partial charge is 0.241 e. The Kier molecular flexibility index (Phi) is 5.14. The third-order valence-electron chi connectivity index (χ3n) is 4.88. The molecular weight excluding hydrogens is 360 g/mol. The lowest BCUT2D eigenvalue weighted by Crippen LogP contribution is -2.45. The van der Waals surface area contributed by atoms with Crippen LogP contribution >= 0.6 is 0 Å². The van der Waals surface area contributed by atoms with Crippen molar-refractivity contribution >= 4 is 21.6 Å². The Bertz CT molecular complexity index is 963. The van der Waals surface area contributed by atoms with Crippen LogP contribution in [-0.2, 0) is 27.7 Å². The molecule has 0 saturated heterocycles. The van der Waals surface area contributed by atoms with Gasteiger partial charge in [0.05, 0.1) is 4.90 Å². The van der Waals surface area contributed by atoms with Gasteiger partial charge in [0.2, 0.25) is 15.9 Å². The zero-order valence-electron chi connectivity index (χ0n) is 16.2. The van der Waals surface area contributed by atoms with Crippen molar-refractivity contribution in [2.75, 3.05) is 11.9 Å². The molecule has 1 aliphatic heterocycles. The molecule has 0 bridgehead atoms. The van der Waals surface area contributed by atoms with Crippen molar-refractivity contribution in [3.05, 3.63) is 59.2 Å². The van der Waals surface area contributed by atoms with E-state index in [2.05, 4.69) is 4.72 Å². The fourth-order valence-corrected chi connectivity index (χ4v) is 4.94. The predicted octanol–water partition coefficient (Wildman–Crippen LogP) is 3.20. The van der Waals surface area contributed by atoms with Crippen molar-refractivity contribution in [1.82, 2.24) is 4.72 Å². The molecule has 3 rings (SSSR count). The second kappa shape index (κ2) is 7.09. The number of nitrogens with zero attached hydrogens (tertiary/aromatic N) is 1. The number of benzene rings is 2. The molecule has 0 aliphatic carbocycles. The van der Waals surface area contributed by atoms with Crippen LogP contribution in [0, 0.1) is 6.92 Å². The molecule has 2 aromatic carbocycles. The standard InChI is InChI=1S/C21H26N2O3S/c1-15-5-7-16(8-6-15)14-21(2,3)22-27(25,26)18-10-11-19-17(13-18)9-12-20(24)23(19)4/h5-8,10-11,13,22H,9,12,14H2,1-4H3. The predicted molar refractivity (Wildman–Crippen MR) is 107 cm³/mol. The first-order valence-electron chi connectivity index (χ1n) is 9.06. The summed E-state index contributed by atoms with van der Waals surface area (Å²) >= 11 is 0. The molecule has 0 fully saturated rings. The van der Waals surface area contributed by atoms with E-state index in [1.54, 1.807) is 30.1 Å². The number of nitrogens with one attached hydrogen (secondary N) is 1. The molecule has 27 heavy (non-hydrogen) atoms. The molecule has 2 aromatic rings. The van der Waals surface area contributed by atoms with Crippen LogP contribution in [0.2, 0.25) is 0 Å². The second-order valence-corrected chi connectivity index (χ2v) is 9.58. The molecule has 0 atom stereocenters. The number of sulfonamides is 1. The SMILES string of the molecule is Cc1ccc(CC(C)(C)NS(=O)(=O)c2ccc3c(c2)CCC(=O)N3C)cc1. The molecule has 6 heteroatoms. The first-order chi connectivity index (χ1) is 12.6. The lowest BCUT2D eigenvalue weighted by Gasteiger charge is -2.28. The molecule has 1 amide bonds. The monoisotopic (exact) mass is 386 g/mol. The van der Waals surface area contributed by atoms with Gasteiger partial charge in [-0.3, -0.25) is 4.79 Å². The van der Waals surface area contributed by atoms with Crippen LogP contribution in [0.1, 0.15) is 37.0 Å². The van der Waals surface area contributed by atoms with Gasteiger partial charge in [-0.2, -0.15) is 0 Å². The summed E-state index contributed by atoms with van der Waals surface area (Å²) in [5.74, 6) is 0.0514. The van der Waals surface area contributed by atoms with E-state index in [1.165, 1.54) is 5.56 Å². The van der Waals surface area contributed by atoms with Crippen LogP contribution in [0.5, 0.6) is 0 Å². The summed E-state index contributed by atoms with van der Waals surface area (Å²) in [7, 11) is -1.94. The highest BCUT2D eigenvalue weighted by molar-refractivity contribution is 7.89. The summed E-state index contributed by atoms with van der Waals surface area (Å²) in [5.41, 5.74) is 3.30. The molecule has 0 unspecified atom stereocenters. The minimum absolute atomic E-state index is 0.0514. The molecule has 5 nitrogen and oxygen atoms in total. The maximum absolute atomic E-state index is 12.9. The Balaban J connectivity index is 1.81. The fraction of sp³-hybridized carbons (Fsp3) is 0.381. The summed E-state index contributed by atoms with van der Waals surface area (Å²) in [5, 5.41) is 0. The summed E-state index contributed by atoms with van der Waals surface area (Å²) in [6, 6.07) is 13.1. The van der Waals surface area contributed by atoms with Gasteiger partial charge in [0.25, 0.3) is 0 Å². The van der Waals surface area contributed by atoms with Gasteiger partial charge in [0, 0.05) is 24.7 Å². The van der Waals surface area contributed by atoms with E-state index in [-0.39, 0.29) is 10.8 Å². The van der Waals surface area contributed by atoms with E-state index >= 15 is 0 Å². The number of aryl methyl sites for hydroxylation is 2. The lowest BCUT2D eigenvalue weighted by molar-refractivity contribution is -0.118. The Hall–Kier alpha value is -2.18. The van der Waals surface area contributed by atoms with E-state index in [4.69, 9.17) is 0 Å². The van der Waals surface area contributed by atoms with Gasteiger partial charge < -0.3 is 4.90 Å². The number of fused-ring (bicyclic) bond motifs is 1. The molecule has 0 spiro atoms. The normalized spacial score (nSPS) is 15.0. The lowest BCUT2D eigenvalue weighted by atomic mass is 9.96. The van der Waals surface area contributed by atoms with Crippen LogP contribution in [0.3, 0.4) is 0 Å². The molecule has 1 aliphatic rings.